The van der Waals surface area contributed by atoms with Gasteiger partial charge in [-0.3, -0.25) is 0 Å². The Morgan fingerprint density at radius 2 is 2.00 bits per heavy atom. The molecule has 1 rings (SSSR count). The topological polar surface area (TPSA) is 20.2 Å². The van der Waals surface area contributed by atoms with Gasteiger partial charge in [0.2, 0.25) is 0 Å². The molecule has 0 aliphatic heterocycles. The molecule has 1 nitrogen and oxygen atoms in total. The monoisotopic (exact) mass is 234 g/mol. The number of hydrogen-bond acceptors (Lipinski definition) is 2. The van der Waals surface area contributed by atoms with Crippen molar-refractivity contribution in [3.8, 4) is 0 Å². The number of benzene rings is 1. The third-order valence-corrected chi connectivity index (χ3v) is 2.93. The lowest BCUT2D eigenvalue weighted by Crippen LogP contribution is -2.15. The summed E-state index contributed by atoms with van der Waals surface area (Å²) in [6, 6.07) is 3.07. The average molecular weight is 235 g/mol. The fraction of sp³-hybridized carbons (Fsp3) is 0.400. The summed E-state index contributed by atoms with van der Waals surface area (Å²) in [5.74, 6) is -0.424. The highest BCUT2D eigenvalue weighted by Gasteiger charge is 2.19. The molecule has 0 fully saturated rings. The summed E-state index contributed by atoms with van der Waals surface area (Å²) in [7, 11) is 0. The van der Waals surface area contributed by atoms with Crippen LogP contribution >= 0.6 is 23.4 Å². The quantitative estimate of drug-likeness (QED) is 0.792. The average Bonchev–Trinajstić information content (AvgIpc) is 2.07. The molecule has 0 aliphatic carbocycles. The van der Waals surface area contributed by atoms with Crippen LogP contribution in [-0.4, -0.2) is 11.4 Å². The smallest absolute Gasteiger partial charge is 0.155 e. The molecule has 1 aromatic carbocycles. The maximum atomic E-state index is 13.3. The van der Waals surface area contributed by atoms with Crippen LogP contribution in [0.4, 0.5) is 4.39 Å². The van der Waals surface area contributed by atoms with Gasteiger partial charge in [-0.2, -0.15) is 0 Å². The van der Waals surface area contributed by atoms with Crippen LogP contribution in [0.3, 0.4) is 0 Å². The first kappa shape index (κ1) is 11.8. The molecule has 0 amide bonds. The van der Waals surface area contributed by atoms with Crippen LogP contribution in [0.1, 0.15) is 19.4 Å². The van der Waals surface area contributed by atoms with Gasteiger partial charge in [-0.05, 0) is 37.8 Å². The second-order valence-corrected chi connectivity index (χ2v) is 4.79. The Bertz CT molecular complexity index is 347. The van der Waals surface area contributed by atoms with Gasteiger partial charge >= 0.3 is 0 Å². The van der Waals surface area contributed by atoms with Crippen molar-refractivity contribution in [2.24, 2.45) is 0 Å². The fourth-order valence-electron chi connectivity index (χ4n) is 1.07. The SMILES string of the molecule is CSc1cc(C(C)(C)O)cc(Cl)c1F. The maximum Gasteiger partial charge on any atom is 0.155 e. The molecule has 0 aromatic heterocycles. The van der Waals surface area contributed by atoms with E-state index in [-0.39, 0.29) is 5.02 Å². The van der Waals surface area contributed by atoms with Gasteiger partial charge in [0, 0.05) is 4.90 Å². The van der Waals surface area contributed by atoms with E-state index in [1.165, 1.54) is 17.8 Å². The molecule has 0 saturated heterocycles. The first-order valence-corrected chi connectivity index (χ1v) is 5.72. The van der Waals surface area contributed by atoms with Crippen LogP contribution in [-0.2, 0) is 5.60 Å². The number of halogens is 2. The summed E-state index contributed by atoms with van der Waals surface area (Å²) in [5, 5.41) is 9.78. The minimum atomic E-state index is -0.998. The third kappa shape index (κ3) is 2.41. The van der Waals surface area contributed by atoms with Crippen molar-refractivity contribution in [1.82, 2.24) is 0 Å². The Morgan fingerprint density at radius 1 is 1.43 bits per heavy atom. The van der Waals surface area contributed by atoms with E-state index in [0.717, 1.165) is 0 Å². The van der Waals surface area contributed by atoms with Crippen LogP contribution in [0.2, 0.25) is 5.02 Å². The van der Waals surface area contributed by atoms with Gasteiger partial charge in [0.25, 0.3) is 0 Å². The first-order chi connectivity index (χ1) is 6.36. The molecule has 0 radical (unpaired) electrons. The number of hydrogen-bond donors (Lipinski definition) is 1. The first-order valence-electron chi connectivity index (χ1n) is 4.12. The van der Waals surface area contributed by atoms with E-state index >= 15 is 0 Å². The Morgan fingerprint density at radius 3 is 2.43 bits per heavy atom. The third-order valence-electron chi connectivity index (χ3n) is 1.92. The number of aliphatic hydroxyl groups is 1. The molecular formula is C10H12ClFOS. The van der Waals surface area contributed by atoms with Crippen LogP contribution < -0.4 is 0 Å². The minimum absolute atomic E-state index is 0.0500. The normalized spacial score (nSPS) is 11.9. The van der Waals surface area contributed by atoms with Gasteiger partial charge in [0.1, 0.15) is 0 Å². The molecule has 78 valence electrons. The van der Waals surface area contributed by atoms with E-state index in [1.54, 1.807) is 26.2 Å². The van der Waals surface area contributed by atoms with Crippen molar-refractivity contribution in [2.75, 3.05) is 6.26 Å². The predicted molar refractivity (Wildman–Crippen MR) is 58.4 cm³/mol. The maximum absolute atomic E-state index is 13.3. The fourth-order valence-corrected chi connectivity index (χ4v) is 1.87. The summed E-state index contributed by atoms with van der Waals surface area (Å²) >= 11 is 6.97. The highest BCUT2D eigenvalue weighted by molar-refractivity contribution is 7.98. The summed E-state index contributed by atoms with van der Waals surface area (Å²) in [6.07, 6.45) is 1.77. The standard InChI is InChI=1S/C10H12ClFOS/c1-10(2,13)6-4-7(11)9(12)8(5-6)14-3/h4-5,13H,1-3H3. The van der Waals surface area contributed by atoms with E-state index in [4.69, 9.17) is 11.6 Å². The lowest BCUT2D eigenvalue weighted by Gasteiger charge is -2.19. The minimum Gasteiger partial charge on any atom is -0.386 e. The van der Waals surface area contributed by atoms with Gasteiger partial charge in [-0.25, -0.2) is 4.39 Å². The van der Waals surface area contributed by atoms with Crippen LogP contribution in [0.25, 0.3) is 0 Å². The van der Waals surface area contributed by atoms with E-state index < -0.39 is 11.4 Å². The van der Waals surface area contributed by atoms with Gasteiger partial charge in [-0.15, -0.1) is 11.8 Å². The summed E-state index contributed by atoms with van der Waals surface area (Å²) < 4.78 is 13.3. The zero-order valence-corrected chi connectivity index (χ0v) is 9.84. The van der Waals surface area contributed by atoms with Gasteiger partial charge < -0.3 is 5.11 Å². The van der Waals surface area contributed by atoms with Crippen LogP contribution in [0.15, 0.2) is 17.0 Å². The largest absolute Gasteiger partial charge is 0.386 e. The second-order valence-electron chi connectivity index (χ2n) is 3.53. The zero-order valence-electron chi connectivity index (χ0n) is 8.27. The molecule has 0 heterocycles. The van der Waals surface area contributed by atoms with Crippen molar-refractivity contribution in [3.05, 3.63) is 28.5 Å². The molecule has 0 bridgehead atoms. The summed E-state index contributed by atoms with van der Waals surface area (Å²) in [6.45, 7) is 3.28. The van der Waals surface area contributed by atoms with Crippen molar-refractivity contribution in [2.45, 2.75) is 24.3 Å². The Hall–Kier alpha value is -0.250. The molecule has 0 saturated carbocycles. The predicted octanol–water partition coefficient (Wildman–Crippen LogP) is 3.43. The van der Waals surface area contributed by atoms with Crippen molar-refractivity contribution < 1.29 is 9.50 Å². The van der Waals surface area contributed by atoms with E-state index in [0.29, 0.717) is 10.5 Å². The van der Waals surface area contributed by atoms with Crippen molar-refractivity contribution in [3.63, 3.8) is 0 Å². The second kappa shape index (κ2) is 4.09. The molecule has 1 N–H and O–H groups in total. The molecule has 1 aromatic rings. The van der Waals surface area contributed by atoms with Crippen molar-refractivity contribution >= 4 is 23.4 Å². The van der Waals surface area contributed by atoms with E-state index in [2.05, 4.69) is 0 Å². The molecule has 0 unspecified atom stereocenters. The van der Waals surface area contributed by atoms with E-state index in [9.17, 15) is 9.50 Å². The van der Waals surface area contributed by atoms with Crippen LogP contribution in [0, 0.1) is 5.82 Å². The molecule has 14 heavy (non-hydrogen) atoms. The van der Waals surface area contributed by atoms with Gasteiger partial charge in [0.15, 0.2) is 5.82 Å². The molecule has 0 spiro atoms. The summed E-state index contributed by atoms with van der Waals surface area (Å²) in [5.41, 5.74) is -0.379. The van der Waals surface area contributed by atoms with Crippen molar-refractivity contribution in [1.29, 1.82) is 0 Å². The highest BCUT2D eigenvalue weighted by Crippen LogP contribution is 2.31. The lowest BCUT2D eigenvalue weighted by atomic mass is 9.99. The van der Waals surface area contributed by atoms with Crippen LogP contribution in [0.5, 0.6) is 0 Å². The Kier molecular flexibility index (Phi) is 3.45. The molecule has 4 heteroatoms. The van der Waals surface area contributed by atoms with E-state index in [1.807, 2.05) is 0 Å². The molecule has 0 atom stereocenters. The summed E-state index contributed by atoms with van der Waals surface area (Å²) in [4.78, 5) is 0.453. The lowest BCUT2D eigenvalue weighted by molar-refractivity contribution is 0.0783. The highest BCUT2D eigenvalue weighted by atomic mass is 35.5. The molecular weight excluding hydrogens is 223 g/mol. The van der Waals surface area contributed by atoms with Gasteiger partial charge in [-0.1, -0.05) is 11.6 Å². The van der Waals surface area contributed by atoms with Gasteiger partial charge in [0.05, 0.1) is 10.6 Å². The number of thioether (sulfide) groups is 1. The number of rotatable bonds is 2. The molecule has 0 aliphatic rings. The Labute approximate surface area is 92.3 Å². The zero-order chi connectivity index (χ0) is 10.9. The Balaban J connectivity index is 3.30.